The minimum Gasteiger partial charge on any atom is -0.481 e. The molecule has 0 heterocycles. The summed E-state index contributed by atoms with van der Waals surface area (Å²) in [6.07, 6.45) is -0.765. The van der Waals surface area contributed by atoms with Crippen molar-refractivity contribution in [2.75, 3.05) is 6.61 Å². The Morgan fingerprint density at radius 2 is 1.89 bits per heavy atom. The maximum absolute atomic E-state index is 11.8. The number of amides is 1. The lowest BCUT2D eigenvalue weighted by Crippen LogP contribution is -2.48. The van der Waals surface area contributed by atoms with Crippen LogP contribution >= 0.6 is 7.37 Å². The molecule has 1 amide bonds. The molecule has 0 rings (SSSR count). The predicted octanol–water partition coefficient (Wildman–Crippen LogP) is -2.20. The average molecular weight is 283 g/mol. The van der Waals surface area contributed by atoms with Crippen molar-refractivity contribution in [1.29, 1.82) is 0 Å². The van der Waals surface area contributed by atoms with E-state index >= 15 is 0 Å². The Balaban J connectivity index is 4.97. The molecule has 0 aliphatic rings. The monoisotopic (exact) mass is 283 g/mol. The molecule has 0 aliphatic carbocycles. The number of aliphatic carboxylic acids is 1. The van der Waals surface area contributed by atoms with Crippen molar-refractivity contribution in [3.8, 4) is 0 Å². The van der Waals surface area contributed by atoms with Gasteiger partial charge in [0.25, 0.3) is 0 Å². The highest BCUT2D eigenvalue weighted by molar-refractivity contribution is 7.59. The summed E-state index contributed by atoms with van der Waals surface area (Å²) in [5, 5.41) is 19.3. The van der Waals surface area contributed by atoms with E-state index in [1.807, 2.05) is 5.32 Å². The van der Waals surface area contributed by atoms with Crippen LogP contribution in [0.15, 0.2) is 0 Å². The van der Waals surface area contributed by atoms with E-state index in [1.54, 1.807) is 0 Å². The van der Waals surface area contributed by atoms with Crippen LogP contribution in [0.25, 0.3) is 0 Å². The summed E-state index contributed by atoms with van der Waals surface area (Å²) < 4.78 is 11.8. The van der Waals surface area contributed by atoms with Gasteiger partial charge in [-0.3, -0.25) is 14.2 Å². The van der Waals surface area contributed by atoms with Gasteiger partial charge in [-0.15, -0.1) is 0 Å². The minimum atomic E-state index is -4.10. The molecule has 18 heavy (non-hydrogen) atoms. The van der Waals surface area contributed by atoms with Gasteiger partial charge in [-0.1, -0.05) is 0 Å². The summed E-state index contributed by atoms with van der Waals surface area (Å²) in [5.74, 6) is -5.03. The van der Waals surface area contributed by atoms with Gasteiger partial charge in [0.15, 0.2) is 0 Å². The van der Waals surface area contributed by atoms with Crippen LogP contribution in [-0.4, -0.2) is 51.2 Å². The maximum atomic E-state index is 11.8. The zero-order chi connectivity index (χ0) is 14.5. The van der Waals surface area contributed by atoms with Gasteiger partial charge in [-0.2, -0.15) is 0 Å². The van der Waals surface area contributed by atoms with E-state index in [1.165, 1.54) is 6.92 Å². The van der Waals surface area contributed by atoms with Crippen molar-refractivity contribution in [2.24, 2.45) is 11.5 Å². The first kappa shape index (κ1) is 17.0. The Morgan fingerprint density at radius 3 is 2.22 bits per heavy atom. The van der Waals surface area contributed by atoms with Gasteiger partial charge in [-0.05, 0) is 6.92 Å². The van der Waals surface area contributed by atoms with Crippen molar-refractivity contribution in [3.63, 3.8) is 0 Å². The fourth-order valence-corrected chi connectivity index (χ4v) is 2.38. The van der Waals surface area contributed by atoms with Gasteiger partial charge in [0.05, 0.1) is 18.8 Å². The lowest BCUT2D eigenvalue weighted by atomic mass is 10.3. The van der Waals surface area contributed by atoms with Crippen LogP contribution in [0, 0.1) is 0 Å². The van der Waals surface area contributed by atoms with Crippen LogP contribution in [-0.2, 0) is 14.2 Å². The first-order valence-electron chi connectivity index (χ1n) is 5.09. The minimum absolute atomic E-state index is 0.667. The lowest BCUT2D eigenvalue weighted by molar-refractivity contribution is -0.137. The molecule has 0 aromatic heterocycles. The predicted molar refractivity (Wildman–Crippen MR) is 62.7 cm³/mol. The molecule has 3 unspecified atom stereocenters. The molecular formula is C8H18N3O6P. The number of carboxylic acid groups (broad SMARTS) is 1. The molecule has 0 aromatic carbocycles. The number of carbonyl (C=O) groups is 2. The third kappa shape index (κ3) is 4.71. The van der Waals surface area contributed by atoms with Crippen LogP contribution in [0.4, 0.5) is 0 Å². The van der Waals surface area contributed by atoms with Crippen molar-refractivity contribution in [2.45, 2.75) is 31.0 Å². The quantitative estimate of drug-likeness (QED) is 0.285. The SMILES string of the molecule is CC(N)P(=O)(O)C(CC(=O)O)NC(=O)[C@@H](N)CO. The summed E-state index contributed by atoms with van der Waals surface area (Å²) in [6, 6.07) is -1.30. The highest BCUT2D eigenvalue weighted by atomic mass is 31.2. The van der Waals surface area contributed by atoms with E-state index in [2.05, 4.69) is 0 Å². The molecular weight excluding hydrogens is 265 g/mol. The van der Waals surface area contributed by atoms with E-state index in [-0.39, 0.29) is 0 Å². The number of nitrogens with two attached hydrogens (primary N) is 2. The largest absolute Gasteiger partial charge is 0.481 e. The van der Waals surface area contributed by atoms with E-state index in [4.69, 9.17) is 21.7 Å². The Kier molecular flexibility index (Phi) is 6.44. The highest BCUT2D eigenvalue weighted by Crippen LogP contribution is 2.49. The normalized spacial score (nSPS) is 19.4. The fraction of sp³-hybridized carbons (Fsp3) is 0.750. The second-order valence-corrected chi connectivity index (χ2v) is 6.61. The smallest absolute Gasteiger partial charge is 0.306 e. The third-order valence-corrected chi connectivity index (χ3v) is 4.61. The zero-order valence-corrected chi connectivity index (χ0v) is 10.7. The average Bonchev–Trinajstić information content (AvgIpc) is 2.25. The molecule has 0 bridgehead atoms. The summed E-state index contributed by atoms with van der Waals surface area (Å²) in [6.45, 7) is 0.563. The maximum Gasteiger partial charge on any atom is 0.306 e. The van der Waals surface area contributed by atoms with Gasteiger partial charge in [0.2, 0.25) is 13.3 Å². The van der Waals surface area contributed by atoms with Gasteiger partial charge < -0.3 is 31.9 Å². The van der Waals surface area contributed by atoms with Crippen molar-refractivity contribution >= 4 is 19.2 Å². The number of hydrogen-bond donors (Lipinski definition) is 6. The number of aliphatic hydroxyl groups excluding tert-OH is 1. The number of rotatable bonds is 7. The molecule has 0 aromatic rings. The Labute approximate surface area is 104 Å². The molecule has 0 spiro atoms. The summed E-state index contributed by atoms with van der Waals surface area (Å²) in [4.78, 5) is 31.6. The number of carboxylic acids is 1. The molecule has 0 saturated heterocycles. The van der Waals surface area contributed by atoms with Gasteiger partial charge in [0.1, 0.15) is 11.8 Å². The Bertz CT molecular complexity index is 361. The molecule has 0 radical (unpaired) electrons. The van der Waals surface area contributed by atoms with Crippen LogP contribution in [0.2, 0.25) is 0 Å². The number of aliphatic hydroxyl groups is 1. The Morgan fingerprint density at radius 1 is 1.39 bits per heavy atom. The molecule has 0 saturated carbocycles. The zero-order valence-electron chi connectivity index (χ0n) is 9.81. The van der Waals surface area contributed by atoms with Gasteiger partial charge in [-0.25, -0.2) is 0 Å². The number of hydrogen-bond acceptors (Lipinski definition) is 6. The summed E-state index contributed by atoms with van der Waals surface area (Å²) in [7, 11) is -4.10. The summed E-state index contributed by atoms with van der Waals surface area (Å²) >= 11 is 0. The topological polar surface area (TPSA) is 176 Å². The second kappa shape index (κ2) is 6.81. The second-order valence-electron chi connectivity index (χ2n) is 3.82. The van der Waals surface area contributed by atoms with Crippen molar-refractivity contribution in [1.82, 2.24) is 5.32 Å². The van der Waals surface area contributed by atoms with E-state index in [9.17, 15) is 19.0 Å². The number of carbonyl (C=O) groups excluding carboxylic acids is 1. The molecule has 0 aliphatic heterocycles. The van der Waals surface area contributed by atoms with Gasteiger partial charge >= 0.3 is 5.97 Å². The summed E-state index contributed by atoms with van der Waals surface area (Å²) in [5.41, 5.74) is 10.5. The fourth-order valence-electron chi connectivity index (χ4n) is 1.08. The highest BCUT2D eigenvalue weighted by Gasteiger charge is 2.38. The van der Waals surface area contributed by atoms with Crippen molar-refractivity contribution < 1.29 is 29.3 Å². The van der Waals surface area contributed by atoms with E-state index in [0.29, 0.717) is 0 Å². The first-order chi connectivity index (χ1) is 8.12. The van der Waals surface area contributed by atoms with Crippen LogP contribution < -0.4 is 16.8 Å². The molecule has 9 nitrogen and oxygen atoms in total. The van der Waals surface area contributed by atoms with Gasteiger partial charge in [0, 0.05) is 0 Å². The van der Waals surface area contributed by atoms with E-state index in [0.717, 1.165) is 0 Å². The van der Waals surface area contributed by atoms with Crippen LogP contribution in [0.5, 0.6) is 0 Å². The third-order valence-electron chi connectivity index (χ3n) is 2.24. The van der Waals surface area contributed by atoms with Crippen molar-refractivity contribution in [3.05, 3.63) is 0 Å². The van der Waals surface area contributed by atoms with Crippen LogP contribution in [0.1, 0.15) is 13.3 Å². The van der Waals surface area contributed by atoms with E-state index < -0.39 is 49.9 Å². The molecule has 106 valence electrons. The standard InChI is InChI=1S/C8H18N3O6P/c1-4(9)18(16,17)6(2-7(13)14)11-8(15)5(10)3-12/h4-6,12H,2-3,9-10H2,1H3,(H,11,15)(H,13,14)(H,16,17)/t4?,5-,6?/m0/s1. The molecule has 8 N–H and O–H groups in total. The Hall–Kier alpha value is -0.990. The lowest BCUT2D eigenvalue weighted by Gasteiger charge is -2.26. The molecule has 4 atom stereocenters. The molecule has 10 heteroatoms. The molecule has 0 fully saturated rings. The number of nitrogens with one attached hydrogen (secondary N) is 1. The van der Waals surface area contributed by atoms with Crippen LogP contribution in [0.3, 0.4) is 0 Å². The first-order valence-corrected chi connectivity index (χ1v) is 6.89.